The van der Waals surface area contributed by atoms with Gasteiger partial charge >= 0.3 is 6.36 Å². The fraction of sp³-hybridized carbons (Fsp3) is 0.0909. The van der Waals surface area contributed by atoms with Crippen LogP contribution in [0.15, 0.2) is 59.1 Å². The van der Waals surface area contributed by atoms with Crippen molar-refractivity contribution in [3.63, 3.8) is 0 Å². The average molecular weight is 544 g/mol. The molecule has 1 atom stereocenters. The minimum atomic E-state index is -5.00. The third-order valence-corrected chi connectivity index (χ3v) is 5.63. The molecule has 2 N–H and O–H groups in total. The number of carbonyl (C=O) groups excluding carboxylic acids is 2. The summed E-state index contributed by atoms with van der Waals surface area (Å²) in [6, 6.07) is 10.6. The molecule has 1 heterocycles. The van der Waals surface area contributed by atoms with E-state index in [4.69, 9.17) is 11.6 Å². The molecule has 170 valence electrons. The van der Waals surface area contributed by atoms with E-state index in [1.165, 1.54) is 36.4 Å². The highest BCUT2D eigenvalue weighted by atomic mass is 79.9. The van der Waals surface area contributed by atoms with Crippen LogP contribution in [0.2, 0.25) is 5.02 Å². The van der Waals surface area contributed by atoms with Crippen molar-refractivity contribution in [2.24, 2.45) is 0 Å². The molecule has 5 nitrogen and oxygen atoms in total. The fourth-order valence-corrected chi connectivity index (χ4v) is 4.21. The molecule has 11 heteroatoms. The molecule has 1 aliphatic rings. The maximum Gasteiger partial charge on any atom is 0.573 e. The summed E-state index contributed by atoms with van der Waals surface area (Å²) in [5, 5.41) is 5.41. The number of halogens is 6. The number of rotatable bonds is 4. The minimum absolute atomic E-state index is 0.120. The zero-order valence-corrected chi connectivity index (χ0v) is 18.6. The second kappa shape index (κ2) is 8.68. The van der Waals surface area contributed by atoms with Gasteiger partial charge in [-0.2, -0.15) is 0 Å². The molecule has 33 heavy (non-hydrogen) atoms. The number of hydrogen-bond acceptors (Lipinski definition) is 3. The van der Waals surface area contributed by atoms with Gasteiger partial charge in [0.2, 0.25) is 0 Å². The van der Waals surface area contributed by atoms with Crippen molar-refractivity contribution < 1.29 is 31.9 Å². The first-order chi connectivity index (χ1) is 15.5. The zero-order chi connectivity index (χ0) is 23.9. The van der Waals surface area contributed by atoms with Crippen molar-refractivity contribution in [3.05, 3.63) is 92.2 Å². The summed E-state index contributed by atoms with van der Waals surface area (Å²) >= 11 is 9.48. The monoisotopic (exact) mass is 542 g/mol. The average Bonchev–Trinajstić information content (AvgIpc) is 3.05. The Kier molecular flexibility index (Phi) is 6.06. The maximum atomic E-state index is 13.9. The van der Waals surface area contributed by atoms with Crippen molar-refractivity contribution in [2.45, 2.75) is 12.4 Å². The molecule has 0 spiro atoms. The third kappa shape index (κ3) is 4.81. The van der Waals surface area contributed by atoms with E-state index in [2.05, 4.69) is 31.3 Å². The molecular formula is C22H12BrClF4N2O3. The summed E-state index contributed by atoms with van der Waals surface area (Å²) in [6.07, 6.45) is -5.00. The largest absolute Gasteiger partial charge is 0.573 e. The predicted octanol–water partition coefficient (Wildman–Crippen LogP) is 6.23. The van der Waals surface area contributed by atoms with Crippen LogP contribution in [-0.4, -0.2) is 18.2 Å². The second-order valence-corrected chi connectivity index (χ2v) is 8.31. The summed E-state index contributed by atoms with van der Waals surface area (Å²) in [5.74, 6) is -2.67. The van der Waals surface area contributed by atoms with Crippen LogP contribution < -0.4 is 15.4 Å². The van der Waals surface area contributed by atoms with E-state index in [1.54, 1.807) is 0 Å². The molecule has 0 saturated heterocycles. The van der Waals surface area contributed by atoms with Gasteiger partial charge in [0.05, 0.1) is 11.6 Å². The van der Waals surface area contributed by atoms with E-state index < -0.39 is 35.8 Å². The molecular weight excluding hydrogens is 532 g/mol. The summed E-state index contributed by atoms with van der Waals surface area (Å²) in [6.45, 7) is 0. The second-order valence-electron chi connectivity index (χ2n) is 6.98. The van der Waals surface area contributed by atoms with E-state index in [0.717, 1.165) is 18.2 Å². The van der Waals surface area contributed by atoms with Crippen LogP contribution >= 0.6 is 27.5 Å². The summed E-state index contributed by atoms with van der Waals surface area (Å²) in [7, 11) is 0. The molecule has 0 radical (unpaired) electrons. The van der Waals surface area contributed by atoms with Crippen LogP contribution in [0.3, 0.4) is 0 Å². The summed E-state index contributed by atoms with van der Waals surface area (Å²) in [5.41, 5.74) is 0.474. The van der Waals surface area contributed by atoms with Crippen molar-refractivity contribution in [1.82, 2.24) is 5.32 Å². The standard InChI is InChI=1S/C22H12BrClF4N2O3/c23-10-7-14-18(19(30-21(14)32)13-9-11(25)5-6-15(13)24)16(8-10)29-20(31)12-3-1-2-4-17(12)33-22(26,27)28/h1-9,19H,(H,29,31)(H,30,32). The lowest BCUT2D eigenvalue weighted by molar-refractivity contribution is -0.274. The number of ether oxygens (including phenoxy) is 1. The predicted molar refractivity (Wildman–Crippen MR) is 116 cm³/mol. The zero-order valence-electron chi connectivity index (χ0n) is 16.3. The van der Waals surface area contributed by atoms with Crippen LogP contribution in [0.25, 0.3) is 0 Å². The van der Waals surface area contributed by atoms with Crippen molar-refractivity contribution in [1.29, 1.82) is 0 Å². The van der Waals surface area contributed by atoms with Crippen molar-refractivity contribution in [2.75, 3.05) is 5.32 Å². The lowest BCUT2D eigenvalue weighted by Crippen LogP contribution is -2.22. The molecule has 0 aliphatic carbocycles. The van der Waals surface area contributed by atoms with Gasteiger partial charge < -0.3 is 15.4 Å². The van der Waals surface area contributed by atoms with Crippen molar-refractivity contribution in [3.8, 4) is 5.75 Å². The van der Waals surface area contributed by atoms with Gasteiger partial charge in [0.1, 0.15) is 11.6 Å². The maximum absolute atomic E-state index is 13.9. The molecule has 0 saturated carbocycles. The quantitative estimate of drug-likeness (QED) is 0.384. The van der Waals surface area contributed by atoms with Gasteiger partial charge in [0, 0.05) is 31.9 Å². The SMILES string of the molecule is O=C(Nc1cc(Br)cc2c1C(c1cc(F)ccc1Cl)NC2=O)c1ccccc1OC(F)(F)F. The number of amides is 2. The molecule has 4 rings (SSSR count). The number of benzene rings is 3. The highest BCUT2D eigenvalue weighted by Crippen LogP contribution is 2.41. The van der Waals surface area contributed by atoms with E-state index in [0.29, 0.717) is 10.0 Å². The molecule has 0 aromatic heterocycles. The number of anilines is 1. The smallest absolute Gasteiger partial charge is 0.405 e. The molecule has 1 aliphatic heterocycles. The molecule has 3 aromatic carbocycles. The van der Waals surface area contributed by atoms with Gasteiger partial charge in [-0.05, 0) is 42.5 Å². The first kappa shape index (κ1) is 23.1. The Morgan fingerprint density at radius 2 is 1.85 bits per heavy atom. The Morgan fingerprint density at radius 3 is 2.58 bits per heavy atom. The molecule has 2 amide bonds. The first-order valence-electron chi connectivity index (χ1n) is 9.29. The Bertz CT molecular complexity index is 1280. The van der Waals surface area contributed by atoms with Gasteiger partial charge in [-0.3, -0.25) is 9.59 Å². The molecule has 1 unspecified atom stereocenters. The van der Waals surface area contributed by atoms with Crippen LogP contribution in [0.1, 0.15) is 37.9 Å². The number of nitrogens with one attached hydrogen (secondary N) is 2. The Labute approximate surface area is 197 Å². The number of fused-ring (bicyclic) bond motifs is 1. The number of carbonyl (C=O) groups is 2. The van der Waals surface area contributed by atoms with Crippen molar-refractivity contribution >= 4 is 45.0 Å². The molecule has 0 bridgehead atoms. The number of hydrogen-bond donors (Lipinski definition) is 2. The van der Waals surface area contributed by atoms with E-state index in [9.17, 15) is 27.2 Å². The number of para-hydroxylation sites is 1. The van der Waals surface area contributed by atoms with Crippen LogP contribution in [0.5, 0.6) is 5.75 Å². The van der Waals surface area contributed by atoms with Crippen LogP contribution in [-0.2, 0) is 0 Å². The Hall–Kier alpha value is -3.11. The topological polar surface area (TPSA) is 67.4 Å². The van der Waals surface area contributed by atoms with E-state index >= 15 is 0 Å². The Morgan fingerprint density at radius 1 is 1.12 bits per heavy atom. The van der Waals surface area contributed by atoms with Gasteiger partial charge in [-0.1, -0.05) is 39.7 Å². The number of alkyl halides is 3. The van der Waals surface area contributed by atoms with Gasteiger partial charge in [0.25, 0.3) is 11.8 Å². The van der Waals surface area contributed by atoms with Crippen LogP contribution in [0.4, 0.5) is 23.2 Å². The first-order valence-corrected chi connectivity index (χ1v) is 10.5. The summed E-state index contributed by atoms with van der Waals surface area (Å²) in [4.78, 5) is 25.5. The van der Waals surface area contributed by atoms with Gasteiger partial charge in [0.15, 0.2) is 0 Å². The Balaban J connectivity index is 1.77. The third-order valence-electron chi connectivity index (χ3n) is 4.83. The van der Waals surface area contributed by atoms with Crippen LogP contribution in [0, 0.1) is 5.82 Å². The minimum Gasteiger partial charge on any atom is -0.405 e. The summed E-state index contributed by atoms with van der Waals surface area (Å²) < 4.78 is 56.5. The van der Waals surface area contributed by atoms with Gasteiger partial charge in [-0.25, -0.2) is 4.39 Å². The molecule has 3 aromatic rings. The molecule has 0 fully saturated rings. The van der Waals surface area contributed by atoms with E-state index in [-0.39, 0.29) is 27.4 Å². The lowest BCUT2D eigenvalue weighted by atomic mass is 9.96. The highest BCUT2D eigenvalue weighted by molar-refractivity contribution is 9.10. The fourth-order valence-electron chi connectivity index (χ4n) is 3.53. The lowest BCUT2D eigenvalue weighted by Gasteiger charge is -2.19. The highest BCUT2D eigenvalue weighted by Gasteiger charge is 2.36. The van der Waals surface area contributed by atoms with Gasteiger partial charge in [-0.15, -0.1) is 13.2 Å². The normalized spacial score (nSPS) is 15.1. The van der Waals surface area contributed by atoms with E-state index in [1.807, 2.05) is 0 Å².